The monoisotopic (exact) mass is 272 g/mol. The molecule has 0 amide bonds. The summed E-state index contributed by atoms with van der Waals surface area (Å²) in [7, 11) is 0. The molecule has 1 aromatic carbocycles. The molecule has 0 bridgehead atoms. The van der Waals surface area contributed by atoms with Crippen LogP contribution in [0.3, 0.4) is 0 Å². The second kappa shape index (κ2) is 5.38. The number of hydrogen-bond acceptors (Lipinski definition) is 5. The van der Waals surface area contributed by atoms with E-state index >= 15 is 0 Å². The number of nitrogens with zero attached hydrogens (tertiary/aromatic N) is 1. The van der Waals surface area contributed by atoms with Gasteiger partial charge in [-0.25, -0.2) is 0 Å². The van der Waals surface area contributed by atoms with Gasteiger partial charge in [-0.15, -0.1) is 0 Å². The van der Waals surface area contributed by atoms with Crippen LogP contribution in [0.5, 0.6) is 17.2 Å². The maximum atomic E-state index is 9.92. The van der Waals surface area contributed by atoms with Gasteiger partial charge >= 0.3 is 0 Å². The summed E-state index contributed by atoms with van der Waals surface area (Å²) in [5.74, 6) is 1.48. The molecular weight excluding hydrogens is 256 g/mol. The van der Waals surface area contributed by atoms with E-state index in [9.17, 15) is 5.11 Å². The molecule has 0 spiro atoms. The highest BCUT2D eigenvalue weighted by molar-refractivity contribution is 5.51. The summed E-state index contributed by atoms with van der Waals surface area (Å²) >= 11 is 0. The lowest BCUT2D eigenvalue weighted by atomic mass is 10.1. The Morgan fingerprint density at radius 2 is 2.00 bits per heavy atom. The van der Waals surface area contributed by atoms with Gasteiger partial charge in [-0.3, -0.25) is 4.98 Å². The van der Waals surface area contributed by atoms with Crippen LogP contribution in [0.1, 0.15) is 16.8 Å². The topological polar surface area (TPSA) is 63.6 Å². The van der Waals surface area contributed by atoms with Gasteiger partial charge in [-0.05, 0) is 24.6 Å². The number of benzene rings is 1. The summed E-state index contributed by atoms with van der Waals surface area (Å²) in [6, 6.07) is 7.41. The smallest absolute Gasteiger partial charge is 0.231 e. The third-order valence-corrected chi connectivity index (χ3v) is 3.19. The fourth-order valence-electron chi connectivity index (χ4n) is 2.06. The number of pyridine rings is 1. The van der Waals surface area contributed by atoms with Crippen molar-refractivity contribution in [1.29, 1.82) is 0 Å². The van der Waals surface area contributed by atoms with Crippen molar-refractivity contribution in [2.75, 3.05) is 6.79 Å². The van der Waals surface area contributed by atoms with Gasteiger partial charge in [0.05, 0.1) is 0 Å². The Hall–Kier alpha value is -2.27. The molecule has 2 N–H and O–H groups in total. The van der Waals surface area contributed by atoms with E-state index in [4.69, 9.17) is 9.47 Å². The molecule has 0 atom stereocenters. The molecule has 5 nitrogen and oxygen atoms in total. The Labute approximate surface area is 117 Å². The van der Waals surface area contributed by atoms with Crippen molar-refractivity contribution < 1.29 is 14.6 Å². The Morgan fingerprint density at radius 3 is 2.75 bits per heavy atom. The first-order valence-electron chi connectivity index (χ1n) is 6.46. The lowest BCUT2D eigenvalue weighted by Gasteiger charge is -2.08. The molecule has 20 heavy (non-hydrogen) atoms. The van der Waals surface area contributed by atoms with E-state index in [2.05, 4.69) is 10.3 Å². The minimum absolute atomic E-state index is 0.209. The van der Waals surface area contributed by atoms with E-state index in [0.29, 0.717) is 24.6 Å². The standard InChI is InChI=1S/C15H16N2O3/c1-10-2-3-11(7-17-10)6-16-8-12-4-14-15(5-13(12)18)20-9-19-14/h2-5,7,16,18H,6,8-9H2,1H3. The van der Waals surface area contributed by atoms with Crippen molar-refractivity contribution in [1.82, 2.24) is 10.3 Å². The molecule has 104 valence electrons. The highest BCUT2D eigenvalue weighted by Crippen LogP contribution is 2.37. The Morgan fingerprint density at radius 1 is 1.20 bits per heavy atom. The third-order valence-electron chi connectivity index (χ3n) is 3.19. The fourth-order valence-corrected chi connectivity index (χ4v) is 2.06. The zero-order valence-corrected chi connectivity index (χ0v) is 11.2. The third kappa shape index (κ3) is 2.67. The molecule has 1 aliphatic heterocycles. The molecule has 2 aromatic rings. The predicted molar refractivity (Wildman–Crippen MR) is 73.7 cm³/mol. The van der Waals surface area contributed by atoms with Crippen molar-refractivity contribution in [3.63, 3.8) is 0 Å². The molecule has 2 heterocycles. The molecule has 0 saturated heterocycles. The average Bonchev–Trinajstić information content (AvgIpc) is 2.88. The predicted octanol–water partition coefficient (Wildman–Crippen LogP) is 2.11. The number of ether oxygens (including phenoxy) is 2. The number of phenols is 1. The summed E-state index contributed by atoms with van der Waals surface area (Å²) in [5, 5.41) is 13.2. The first kappa shape index (κ1) is 12.7. The molecular formula is C15H16N2O3. The SMILES string of the molecule is Cc1ccc(CNCc2cc3c(cc2O)OCO3)cn1. The summed E-state index contributed by atoms with van der Waals surface area (Å²) in [6.45, 7) is 3.42. The molecule has 0 saturated carbocycles. The lowest BCUT2D eigenvalue weighted by molar-refractivity contribution is 0.174. The van der Waals surface area contributed by atoms with Gasteiger partial charge in [-0.2, -0.15) is 0 Å². The largest absolute Gasteiger partial charge is 0.507 e. The van der Waals surface area contributed by atoms with Gasteiger partial charge in [0.2, 0.25) is 6.79 Å². The number of aryl methyl sites for hydroxylation is 1. The van der Waals surface area contributed by atoms with Crippen LogP contribution in [-0.2, 0) is 13.1 Å². The van der Waals surface area contributed by atoms with E-state index in [-0.39, 0.29) is 12.5 Å². The maximum Gasteiger partial charge on any atom is 0.231 e. The number of fused-ring (bicyclic) bond motifs is 1. The molecule has 0 radical (unpaired) electrons. The van der Waals surface area contributed by atoms with Gasteiger partial charge in [0.25, 0.3) is 0 Å². The molecule has 0 unspecified atom stereocenters. The van der Waals surface area contributed by atoms with Crippen LogP contribution in [0.4, 0.5) is 0 Å². The van der Waals surface area contributed by atoms with Gasteiger partial charge in [0.1, 0.15) is 5.75 Å². The first-order valence-corrected chi connectivity index (χ1v) is 6.46. The molecule has 1 aliphatic rings. The van der Waals surface area contributed by atoms with Crippen molar-refractivity contribution in [2.45, 2.75) is 20.0 Å². The first-order chi connectivity index (χ1) is 9.72. The number of rotatable bonds is 4. The minimum atomic E-state index is 0.209. The van der Waals surface area contributed by atoms with Crippen LogP contribution in [0.2, 0.25) is 0 Å². The van der Waals surface area contributed by atoms with Crippen molar-refractivity contribution >= 4 is 0 Å². The van der Waals surface area contributed by atoms with E-state index in [1.165, 1.54) is 0 Å². The quantitative estimate of drug-likeness (QED) is 0.892. The average molecular weight is 272 g/mol. The van der Waals surface area contributed by atoms with Crippen LogP contribution in [0.25, 0.3) is 0 Å². The van der Waals surface area contributed by atoms with Gasteiger partial charge < -0.3 is 19.9 Å². The zero-order valence-electron chi connectivity index (χ0n) is 11.2. The van der Waals surface area contributed by atoms with Crippen LogP contribution in [-0.4, -0.2) is 16.9 Å². The second-order valence-electron chi connectivity index (χ2n) is 4.75. The van der Waals surface area contributed by atoms with Crippen LogP contribution < -0.4 is 14.8 Å². The van der Waals surface area contributed by atoms with E-state index < -0.39 is 0 Å². The summed E-state index contributed by atoms with van der Waals surface area (Å²) in [4.78, 5) is 4.24. The summed E-state index contributed by atoms with van der Waals surface area (Å²) in [5.41, 5.74) is 2.90. The Kier molecular flexibility index (Phi) is 3.43. The number of hydrogen-bond donors (Lipinski definition) is 2. The molecule has 1 aromatic heterocycles. The second-order valence-corrected chi connectivity index (χ2v) is 4.75. The fraction of sp³-hybridized carbons (Fsp3) is 0.267. The van der Waals surface area contributed by atoms with Crippen LogP contribution in [0, 0.1) is 6.92 Å². The summed E-state index contributed by atoms with van der Waals surface area (Å²) < 4.78 is 10.5. The van der Waals surface area contributed by atoms with Gasteiger partial charge in [0, 0.05) is 36.6 Å². The number of phenolic OH excluding ortho intramolecular Hbond substituents is 1. The van der Waals surface area contributed by atoms with E-state index in [0.717, 1.165) is 16.8 Å². The molecule has 0 fully saturated rings. The highest BCUT2D eigenvalue weighted by atomic mass is 16.7. The molecule has 0 aliphatic carbocycles. The number of nitrogens with one attached hydrogen (secondary N) is 1. The Bertz CT molecular complexity index is 611. The van der Waals surface area contributed by atoms with Crippen LogP contribution >= 0.6 is 0 Å². The Balaban J connectivity index is 1.62. The minimum Gasteiger partial charge on any atom is -0.507 e. The van der Waals surface area contributed by atoms with E-state index in [1.54, 1.807) is 12.1 Å². The van der Waals surface area contributed by atoms with Crippen molar-refractivity contribution in [3.05, 3.63) is 47.3 Å². The molecule has 3 rings (SSSR count). The highest BCUT2D eigenvalue weighted by Gasteiger charge is 2.16. The maximum absolute atomic E-state index is 9.92. The summed E-state index contributed by atoms with van der Waals surface area (Å²) in [6.07, 6.45) is 1.85. The van der Waals surface area contributed by atoms with Crippen molar-refractivity contribution in [2.24, 2.45) is 0 Å². The van der Waals surface area contributed by atoms with E-state index in [1.807, 2.05) is 25.3 Å². The van der Waals surface area contributed by atoms with Crippen molar-refractivity contribution in [3.8, 4) is 17.2 Å². The van der Waals surface area contributed by atoms with Gasteiger partial charge in [-0.1, -0.05) is 6.07 Å². The number of aromatic hydroxyl groups is 1. The van der Waals surface area contributed by atoms with Gasteiger partial charge in [0.15, 0.2) is 11.5 Å². The van der Waals surface area contributed by atoms with Crippen LogP contribution in [0.15, 0.2) is 30.5 Å². The zero-order chi connectivity index (χ0) is 13.9. The normalized spacial score (nSPS) is 12.7. The lowest BCUT2D eigenvalue weighted by Crippen LogP contribution is -2.13. The molecule has 5 heteroatoms. The number of aromatic nitrogens is 1.